The van der Waals surface area contributed by atoms with Crippen molar-refractivity contribution in [2.45, 2.75) is 26.4 Å². The molecule has 1 unspecified atom stereocenters. The number of benzene rings is 1. The van der Waals surface area contributed by atoms with Crippen molar-refractivity contribution in [2.24, 2.45) is 5.73 Å². The first-order valence-electron chi connectivity index (χ1n) is 4.80. The summed E-state index contributed by atoms with van der Waals surface area (Å²) in [6, 6.07) is 4.50. The Bertz CT molecular complexity index is 368. The van der Waals surface area contributed by atoms with Crippen molar-refractivity contribution in [2.75, 3.05) is 0 Å². The summed E-state index contributed by atoms with van der Waals surface area (Å²) in [7, 11) is 0. The second kappa shape index (κ2) is 5.07. The smallest absolute Gasteiger partial charge is 0.165 e. The zero-order chi connectivity index (χ0) is 11.4. The molecule has 82 valence electrons. The lowest BCUT2D eigenvalue weighted by Gasteiger charge is -2.13. The molecule has 15 heavy (non-hydrogen) atoms. The van der Waals surface area contributed by atoms with Gasteiger partial charge in [0.25, 0.3) is 0 Å². The van der Waals surface area contributed by atoms with Crippen LogP contribution in [0.1, 0.15) is 25.8 Å². The predicted octanol–water partition coefficient (Wildman–Crippen LogP) is 2.64. The van der Waals surface area contributed by atoms with Gasteiger partial charge in [0.1, 0.15) is 4.99 Å². The monoisotopic (exact) mass is 227 g/mol. The number of halogens is 1. The lowest BCUT2D eigenvalue weighted by Crippen LogP contribution is -2.13. The Balaban J connectivity index is 2.88. The average molecular weight is 227 g/mol. The Morgan fingerprint density at radius 2 is 2.27 bits per heavy atom. The van der Waals surface area contributed by atoms with E-state index in [0.29, 0.717) is 5.56 Å². The normalized spacial score (nSPS) is 12.2. The standard InChI is InChI=1S/C11H14FNOS/c1-3-7(2)14-10-5-4-8(11(13)15)6-9(10)12/h4-7H,3H2,1-2H3,(H2,13,15). The van der Waals surface area contributed by atoms with Gasteiger partial charge >= 0.3 is 0 Å². The van der Waals surface area contributed by atoms with Crippen molar-refractivity contribution in [3.05, 3.63) is 29.6 Å². The summed E-state index contributed by atoms with van der Waals surface area (Å²) >= 11 is 4.75. The number of thiocarbonyl (C=S) groups is 1. The lowest BCUT2D eigenvalue weighted by atomic mass is 10.2. The van der Waals surface area contributed by atoms with Gasteiger partial charge in [-0.15, -0.1) is 0 Å². The number of ether oxygens (including phenoxy) is 1. The molecule has 0 aliphatic heterocycles. The van der Waals surface area contributed by atoms with E-state index in [4.69, 9.17) is 22.7 Å². The molecule has 2 nitrogen and oxygen atoms in total. The first-order chi connectivity index (χ1) is 7.04. The van der Waals surface area contributed by atoms with E-state index in [9.17, 15) is 4.39 Å². The molecule has 2 N–H and O–H groups in total. The van der Waals surface area contributed by atoms with Gasteiger partial charge in [0.15, 0.2) is 11.6 Å². The SMILES string of the molecule is CCC(C)Oc1ccc(C(N)=S)cc1F. The van der Waals surface area contributed by atoms with E-state index in [2.05, 4.69) is 0 Å². The zero-order valence-electron chi connectivity index (χ0n) is 8.79. The maximum atomic E-state index is 13.5. The van der Waals surface area contributed by atoms with Crippen LogP contribution in [0.4, 0.5) is 4.39 Å². The molecule has 0 aliphatic rings. The first-order valence-corrected chi connectivity index (χ1v) is 5.21. The fraction of sp³-hybridized carbons (Fsp3) is 0.364. The van der Waals surface area contributed by atoms with Gasteiger partial charge in [-0.25, -0.2) is 4.39 Å². The van der Waals surface area contributed by atoms with Crippen molar-refractivity contribution < 1.29 is 9.13 Å². The van der Waals surface area contributed by atoms with E-state index in [1.807, 2.05) is 13.8 Å². The Kier molecular flexibility index (Phi) is 4.03. The molecule has 0 radical (unpaired) electrons. The highest BCUT2D eigenvalue weighted by Gasteiger charge is 2.08. The highest BCUT2D eigenvalue weighted by molar-refractivity contribution is 7.80. The third kappa shape index (κ3) is 3.16. The largest absolute Gasteiger partial charge is 0.488 e. The van der Waals surface area contributed by atoms with Crippen LogP contribution in [0, 0.1) is 5.82 Å². The van der Waals surface area contributed by atoms with Gasteiger partial charge in [-0.3, -0.25) is 0 Å². The molecule has 0 saturated heterocycles. The van der Waals surface area contributed by atoms with Gasteiger partial charge in [0.2, 0.25) is 0 Å². The van der Waals surface area contributed by atoms with Crippen molar-refractivity contribution in [1.29, 1.82) is 0 Å². The average Bonchev–Trinajstić information content (AvgIpc) is 2.20. The molecule has 1 rings (SSSR count). The Hall–Kier alpha value is -1.16. The third-order valence-electron chi connectivity index (χ3n) is 2.12. The molecular weight excluding hydrogens is 213 g/mol. The van der Waals surface area contributed by atoms with Crippen LogP contribution in [0.2, 0.25) is 0 Å². The molecule has 0 aromatic heterocycles. The van der Waals surface area contributed by atoms with Crippen LogP contribution in [0.25, 0.3) is 0 Å². The second-order valence-electron chi connectivity index (χ2n) is 3.35. The Morgan fingerprint density at radius 1 is 1.60 bits per heavy atom. The van der Waals surface area contributed by atoms with E-state index in [0.717, 1.165) is 6.42 Å². The predicted molar refractivity (Wildman–Crippen MR) is 62.7 cm³/mol. The summed E-state index contributed by atoms with van der Waals surface area (Å²) in [6.07, 6.45) is 0.825. The van der Waals surface area contributed by atoms with Gasteiger partial charge in [0, 0.05) is 5.56 Å². The van der Waals surface area contributed by atoms with Crippen LogP contribution in [0.5, 0.6) is 5.75 Å². The maximum absolute atomic E-state index is 13.5. The van der Waals surface area contributed by atoms with Gasteiger partial charge in [0.05, 0.1) is 6.10 Å². The van der Waals surface area contributed by atoms with E-state index in [1.165, 1.54) is 6.07 Å². The summed E-state index contributed by atoms with van der Waals surface area (Å²) in [5, 5.41) is 0. The first kappa shape index (κ1) is 11.9. The second-order valence-corrected chi connectivity index (χ2v) is 3.79. The Morgan fingerprint density at radius 3 is 2.73 bits per heavy atom. The van der Waals surface area contributed by atoms with Gasteiger partial charge in [-0.1, -0.05) is 19.1 Å². The Labute approximate surface area is 94.2 Å². The summed E-state index contributed by atoms with van der Waals surface area (Å²) < 4.78 is 18.8. The summed E-state index contributed by atoms with van der Waals surface area (Å²) in [6.45, 7) is 3.87. The van der Waals surface area contributed by atoms with Crippen LogP contribution >= 0.6 is 12.2 Å². The summed E-state index contributed by atoms with van der Waals surface area (Å²) in [5.74, 6) is -0.190. The molecule has 0 fully saturated rings. The molecule has 0 spiro atoms. The fourth-order valence-corrected chi connectivity index (χ4v) is 1.18. The highest BCUT2D eigenvalue weighted by atomic mass is 32.1. The molecule has 4 heteroatoms. The zero-order valence-corrected chi connectivity index (χ0v) is 9.60. The molecule has 0 amide bonds. The molecular formula is C11H14FNOS. The molecule has 1 atom stereocenters. The van der Waals surface area contributed by atoms with Crippen LogP contribution < -0.4 is 10.5 Å². The molecule has 0 saturated carbocycles. The molecule has 0 heterocycles. The minimum Gasteiger partial charge on any atom is -0.488 e. The molecule has 0 aliphatic carbocycles. The van der Waals surface area contributed by atoms with E-state index >= 15 is 0 Å². The number of rotatable bonds is 4. The van der Waals surface area contributed by atoms with Gasteiger partial charge < -0.3 is 10.5 Å². The fourth-order valence-electron chi connectivity index (χ4n) is 1.05. The van der Waals surface area contributed by atoms with E-state index in [-0.39, 0.29) is 16.8 Å². The quantitative estimate of drug-likeness (QED) is 0.803. The van der Waals surface area contributed by atoms with Crippen LogP contribution in [0.15, 0.2) is 18.2 Å². The van der Waals surface area contributed by atoms with Crippen LogP contribution in [-0.2, 0) is 0 Å². The van der Waals surface area contributed by atoms with Crippen LogP contribution in [0.3, 0.4) is 0 Å². The minimum atomic E-state index is -0.430. The highest BCUT2D eigenvalue weighted by Crippen LogP contribution is 2.20. The van der Waals surface area contributed by atoms with Crippen molar-refractivity contribution in [3.8, 4) is 5.75 Å². The summed E-state index contributed by atoms with van der Waals surface area (Å²) in [5.41, 5.74) is 5.90. The van der Waals surface area contributed by atoms with Crippen LogP contribution in [-0.4, -0.2) is 11.1 Å². The number of hydrogen-bond donors (Lipinski definition) is 1. The lowest BCUT2D eigenvalue weighted by molar-refractivity contribution is 0.208. The van der Waals surface area contributed by atoms with E-state index in [1.54, 1.807) is 12.1 Å². The maximum Gasteiger partial charge on any atom is 0.165 e. The minimum absolute atomic E-state index is 0.00446. The summed E-state index contributed by atoms with van der Waals surface area (Å²) in [4.78, 5) is 0.184. The van der Waals surface area contributed by atoms with Gasteiger partial charge in [-0.2, -0.15) is 0 Å². The number of hydrogen-bond acceptors (Lipinski definition) is 2. The van der Waals surface area contributed by atoms with Crippen molar-refractivity contribution >= 4 is 17.2 Å². The van der Waals surface area contributed by atoms with Crippen molar-refractivity contribution in [1.82, 2.24) is 0 Å². The number of nitrogens with two attached hydrogens (primary N) is 1. The molecule has 1 aromatic carbocycles. The topological polar surface area (TPSA) is 35.2 Å². The third-order valence-corrected chi connectivity index (χ3v) is 2.36. The molecule has 0 bridgehead atoms. The van der Waals surface area contributed by atoms with Gasteiger partial charge in [-0.05, 0) is 31.5 Å². The van der Waals surface area contributed by atoms with E-state index < -0.39 is 5.82 Å². The molecule has 1 aromatic rings. The van der Waals surface area contributed by atoms with Crippen molar-refractivity contribution in [3.63, 3.8) is 0 Å².